The fourth-order valence-corrected chi connectivity index (χ4v) is 2.43. The van der Waals surface area contributed by atoms with Crippen LogP contribution in [0.15, 0.2) is 46.9 Å². The highest BCUT2D eigenvalue weighted by Crippen LogP contribution is 2.40. The van der Waals surface area contributed by atoms with E-state index in [0.717, 1.165) is 24.5 Å². The van der Waals surface area contributed by atoms with Gasteiger partial charge in [-0.25, -0.2) is 0 Å². The number of hydrogen-bond acceptors (Lipinski definition) is 2. The van der Waals surface area contributed by atoms with Gasteiger partial charge in [-0.2, -0.15) is 0 Å². The third kappa shape index (κ3) is 2.49. The summed E-state index contributed by atoms with van der Waals surface area (Å²) >= 11 is 0. The number of hydrogen-bond donors (Lipinski definition) is 1. The van der Waals surface area contributed by atoms with Crippen LogP contribution in [0.2, 0.25) is 0 Å². The van der Waals surface area contributed by atoms with Crippen LogP contribution in [0.3, 0.4) is 0 Å². The maximum absolute atomic E-state index is 5.69. The summed E-state index contributed by atoms with van der Waals surface area (Å²) in [5.41, 5.74) is 1.45. The smallest absolute Gasteiger partial charge is 0.117 e. The SMILES string of the molecule is CCc1ccc(CNC2CC2c2ccccc2)o1. The van der Waals surface area contributed by atoms with Gasteiger partial charge >= 0.3 is 0 Å². The Bertz CT molecular complexity index is 503. The van der Waals surface area contributed by atoms with Crippen LogP contribution in [0, 0.1) is 0 Å². The normalized spacial score (nSPS) is 22.1. The number of benzene rings is 1. The molecule has 1 saturated carbocycles. The quantitative estimate of drug-likeness (QED) is 0.867. The molecule has 0 aliphatic heterocycles. The van der Waals surface area contributed by atoms with Gasteiger partial charge in [0, 0.05) is 18.4 Å². The van der Waals surface area contributed by atoms with Crippen molar-refractivity contribution in [2.24, 2.45) is 0 Å². The molecule has 0 spiro atoms. The standard InChI is InChI=1S/C16H19NO/c1-2-13-8-9-14(18-13)11-17-16-10-15(16)12-6-4-3-5-7-12/h3-9,15-17H,2,10-11H2,1H3. The van der Waals surface area contributed by atoms with E-state index in [1.807, 2.05) is 0 Å². The van der Waals surface area contributed by atoms with Crippen molar-refractivity contribution in [2.75, 3.05) is 0 Å². The monoisotopic (exact) mass is 241 g/mol. The van der Waals surface area contributed by atoms with Crippen LogP contribution in [0.25, 0.3) is 0 Å². The topological polar surface area (TPSA) is 25.2 Å². The van der Waals surface area contributed by atoms with Gasteiger partial charge in [0.25, 0.3) is 0 Å². The zero-order chi connectivity index (χ0) is 12.4. The van der Waals surface area contributed by atoms with Crippen molar-refractivity contribution in [2.45, 2.75) is 38.3 Å². The van der Waals surface area contributed by atoms with Crippen molar-refractivity contribution in [3.63, 3.8) is 0 Å². The van der Waals surface area contributed by atoms with Crippen molar-refractivity contribution in [3.05, 3.63) is 59.5 Å². The van der Waals surface area contributed by atoms with E-state index in [-0.39, 0.29) is 0 Å². The first-order valence-corrected chi connectivity index (χ1v) is 6.72. The Morgan fingerprint density at radius 2 is 1.89 bits per heavy atom. The van der Waals surface area contributed by atoms with Gasteiger partial charge in [0.1, 0.15) is 11.5 Å². The molecule has 0 saturated heterocycles. The Labute approximate surface area is 108 Å². The minimum atomic E-state index is 0.613. The van der Waals surface area contributed by atoms with E-state index < -0.39 is 0 Å². The summed E-state index contributed by atoms with van der Waals surface area (Å²) in [6, 6.07) is 15.5. The Kier molecular flexibility index (Phi) is 3.20. The Morgan fingerprint density at radius 3 is 2.61 bits per heavy atom. The van der Waals surface area contributed by atoms with Gasteiger partial charge in [0.2, 0.25) is 0 Å². The molecule has 1 aromatic heterocycles. The van der Waals surface area contributed by atoms with E-state index in [4.69, 9.17) is 4.42 Å². The first-order valence-electron chi connectivity index (χ1n) is 6.72. The van der Waals surface area contributed by atoms with E-state index in [2.05, 4.69) is 54.7 Å². The van der Waals surface area contributed by atoms with Crippen LogP contribution in [-0.4, -0.2) is 6.04 Å². The zero-order valence-electron chi connectivity index (χ0n) is 10.7. The summed E-state index contributed by atoms with van der Waals surface area (Å²) in [5.74, 6) is 2.81. The van der Waals surface area contributed by atoms with Gasteiger partial charge < -0.3 is 9.73 Å². The van der Waals surface area contributed by atoms with Crippen molar-refractivity contribution in [3.8, 4) is 0 Å². The highest BCUT2D eigenvalue weighted by molar-refractivity contribution is 5.27. The zero-order valence-corrected chi connectivity index (χ0v) is 10.7. The molecule has 1 fully saturated rings. The predicted octanol–water partition coefficient (Wildman–Crippen LogP) is 3.49. The predicted molar refractivity (Wildman–Crippen MR) is 72.5 cm³/mol. The van der Waals surface area contributed by atoms with Gasteiger partial charge in [-0.15, -0.1) is 0 Å². The summed E-state index contributed by atoms with van der Waals surface area (Å²) in [6.07, 6.45) is 2.21. The lowest BCUT2D eigenvalue weighted by molar-refractivity contribution is 0.449. The van der Waals surface area contributed by atoms with Crippen LogP contribution in [0.4, 0.5) is 0 Å². The summed E-state index contributed by atoms with van der Waals surface area (Å²) in [6.45, 7) is 2.95. The first-order chi connectivity index (χ1) is 8.86. The van der Waals surface area contributed by atoms with Crippen LogP contribution in [0.1, 0.15) is 36.3 Å². The van der Waals surface area contributed by atoms with Gasteiger partial charge in [0.15, 0.2) is 0 Å². The van der Waals surface area contributed by atoms with Gasteiger partial charge in [-0.05, 0) is 24.1 Å². The van der Waals surface area contributed by atoms with E-state index in [9.17, 15) is 0 Å². The van der Waals surface area contributed by atoms with Crippen LogP contribution in [0.5, 0.6) is 0 Å². The molecule has 2 heteroatoms. The lowest BCUT2D eigenvalue weighted by Gasteiger charge is -2.02. The van der Waals surface area contributed by atoms with Crippen molar-refractivity contribution < 1.29 is 4.42 Å². The Balaban J connectivity index is 1.51. The Morgan fingerprint density at radius 1 is 1.11 bits per heavy atom. The molecule has 2 unspecified atom stereocenters. The molecule has 1 aliphatic carbocycles. The lowest BCUT2D eigenvalue weighted by atomic mass is 10.1. The summed E-state index contributed by atoms with van der Waals surface area (Å²) < 4.78 is 5.69. The Hall–Kier alpha value is -1.54. The molecule has 1 aliphatic rings. The van der Waals surface area contributed by atoms with E-state index >= 15 is 0 Å². The molecular formula is C16H19NO. The fourth-order valence-electron chi connectivity index (χ4n) is 2.43. The summed E-state index contributed by atoms with van der Waals surface area (Å²) in [7, 11) is 0. The van der Waals surface area contributed by atoms with Crippen LogP contribution in [-0.2, 0) is 13.0 Å². The number of furan rings is 1. The largest absolute Gasteiger partial charge is 0.465 e. The molecule has 3 rings (SSSR count). The van der Waals surface area contributed by atoms with Crippen LogP contribution >= 0.6 is 0 Å². The van der Waals surface area contributed by atoms with Crippen molar-refractivity contribution >= 4 is 0 Å². The maximum atomic E-state index is 5.69. The van der Waals surface area contributed by atoms with E-state index in [1.165, 1.54) is 12.0 Å². The minimum Gasteiger partial charge on any atom is -0.465 e. The molecule has 0 bridgehead atoms. The third-order valence-corrected chi connectivity index (χ3v) is 3.62. The van der Waals surface area contributed by atoms with Crippen molar-refractivity contribution in [1.29, 1.82) is 0 Å². The van der Waals surface area contributed by atoms with Crippen LogP contribution < -0.4 is 5.32 Å². The maximum Gasteiger partial charge on any atom is 0.117 e. The number of aryl methyl sites for hydroxylation is 1. The molecule has 0 amide bonds. The second kappa shape index (κ2) is 4.99. The average Bonchev–Trinajstić information content (AvgIpc) is 3.06. The molecule has 1 heterocycles. The highest BCUT2D eigenvalue weighted by Gasteiger charge is 2.37. The third-order valence-electron chi connectivity index (χ3n) is 3.62. The second-order valence-corrected chi connectivity index (χ2v) is 4.96. The molecule has 2 atom stereocenters. The molecule has 18 heavy (non-hydrogen) atoms. The second-order valence-electron chi connectivity index (χ2n) is 4.96. The molecule has 0 radical (unpaired) electrons. The number of rotatable bonds is 5. The number of nitrogens with one attached hydrogen (secondary N) is 1. The molecule has 2 nitrogen and oxygen atoms in total. The molecular weight excluding hydrogens is 222 g/mol. The van der Waals surface area contributed by atoms with E-state index in [0.29, 0.717) is 12.0 Å². The van der Waals surface area contributed by atoms with Gasteiger partial charge in [-0.3, -0.25) is 0 Å². The summed E-state index contributed by atoms with van der Waals surface area (Å²) in [4.78, 5) is 0. The first kappa shape index (κ1) is 11.5. The van der Waals surface area contributed by atoms with E-state index in [1.54, 1.807) is 0 Å². The molecule has 1 N–H and O–H groups in total. The fraction of sp³-hybridized carbons (Fsp3) is 0.375. The molecule has 94 valence electrons. The summed E-state index contributed by atoms with van der Waals surface area (Å²) in [5, 5.41) is 3.57. The molecule has 1 aromatic carbocycles. The minimum absolute atomic E-state index is 0.613. The highest BCUT2D eigenvalue weighted by atomic mass is 16.3. The lowest BCUT2D eigenvalue weighted by Crippen LogP contribution is -2.16. The molecule has 2 aromatic rings. The van der Waals surface area contributed by atoms with Crippen molar-refractivity contribution in [1.82, 2.24) is 5.32 Å². The van der Waals surface area contributed by atoms with Gasteiger partial charge in [0.05, 0.1) is 6.54 Å². The average molecular weight is 241 g/mol. The van der Waals surface area contributed by atoms with Gasteiger partial charge in [-0.1, -0.05) is 37.3 Å².